The van der Waals surface area contributed by atoms with E-state index in [1.165, 1.54) is 12.1 Å². The van der Waals surface area contributed by atoms with E-state index in [1.807, 2.05) is 13.1 Å². The molecule has 2 N–H and O–H groups in total. The number of hydrogen-bond acceptors (Lipinski definition) is 4. The topological polar surface area (TPSA) is 102 Å². The second-order valence-corrected chi connectivity index (χ2v) is 5.51. The number of nitro benzene ring substituents is 1. The first-order chi connectivity index (χ1) is 11.5. The highest BCUT2D eigenvalue weighted by Crippen LogP contribution is 2.21. The lowest BCUT2D eigenvalue weighted by molar-refractivity contribution is -0.384. The van der Waals surface area contributed by atoms with Crippen molar-refractivity contribution in [3.8, 4) is 0 Å². The van der Waals surface area contributed by atoms with E-state index in [1.54, 1.807) is 19.2 Å². The van der Waals surface area contributed by atoms with E-state index >= 15 is 0 Å². The molecule has 1 aromatic heterocycles. The van der Waals surface area contributed by atoms with Crippen molar-refractivity contribution in [2.24, 2.45) is 0 Å². The highest BCUT2D eigenvalue weighted by atomic mass is 16.6. The van der Waals surface area contributed by atoms with Crippen molar-refractivity contribution >= 4 is 17.4 Å². The number of aromatic nitrogens is 2. The number of aryl methyl sites for hydroxylation is 3. The molecule has 0 spiro atoms. The fraction of sp³-hybridized carbons (Fsp3) is 0.375. The molecule has 0 atom stereocenters. The minimum atomic E-state index is -0.485. The predicted molar refractivity (Wildman–Crippen MR) is 91.1 cm³/mol. The summed E-state index contributed by atoms with van der Waals surface area (Å²) in [5.74, 6) is 0.974. The van der Waals surface area contributed by atoms with E-state index in [-0.39, 0.29) is 11.7 Å². The molecule has 1 aromatic carbocycles. The van der Waals surface area contributed by atoms with Gasteiger partial charge >= 0.3 is 6.03 Å². The summed E-state index contributed by atoms with van der Waals surface area (Å²) in [7, 11) is 0. The average Bonchev–Trinajstić information content (AvgIpc) is 2.94. The van der Waals surface area contributed by atoms with E-state index in [9.17, 15) is 14.9 Å². The van der Waals surface area contributed by atoms with Gasteiger partial charge in [0.1, 0.15) is 5.82 Å². The third-order valence-electron chi connectivity index (χ3n) is 3.72. The molecule has 2 aromatic rings. The van der Waals surface area contributed by atoms with Gasteiger partial charge in [-0.3, -0.25) is 10.1 Å². The first-order valence-corrected chi connectivity index (χ1v) is 7.75. The molecule has 0 fully saturated rings. The standard InChI is InChI=1S/C16H21N5O3/c1-12-5-6-14(21(23)24)11-15(12)19-16(22)18-7-3-4-9-20-10-8-17-13(20)2/h5-6,8,10-11H,3-4,7,9H2,1-2H3,(H2,18,19,22). The molecule has 0 aliphatic rings. The minimum absolute atomic E-state index is 0.0494. The maximum absolute atomic E-state index is 11.9. The molecule has 0 aliphatic heterocycles. The number of imidazole rings is 1. The van der Waals surface area contributed by atoms with Gasteiger partial charge in [0.05, 0.1) is 10.6 Å². The second kappa shape index (κ2) is 8.09. The van der Waals surface area contributed by atoms with Crippen molar-refractivity contribution in [1.82, 2.24) is 14.9 Å². The number of urea groups is 1. The van der Waals surface area contributed by atoms with Crippen molar-refractivity contribution in [3.63, 3.8) is 0 Å². The Hall–Kier alpha value is -2.90. The Kier molecular flexibility index (Phi) is 5.89. The van der Waals surface area contributed by atoms with E-state index in [0.29, 0.717) is 12.2 Å². The van der Waals surface area contributed by atoms with E-state index in [4.69, 9.17) is 0 Å². The van der Waals surface area contributed by atoms with Gasteiger partial charge in [0.15, 0.2) is 0 Å². The minimum Gasteiger partial charge on any atom is -0.338 e. The summed E-state index contributed by atoms with van der Waals surface area (Å²) >= 11 is 0. The number of non-ortho nitro benzene ring substituents is 1. The van der Waals surface area contributed by atoms with Gasteiger partial charge in [-0.1, -0.05) is 6.07 Å². The van der Waals surface area contributed by atoms with Crippen LogP contribution >= 0.6 is 0 Å². The Morgan fingerprint density at radius 1 is 1.33 bits per heavy atom. The Balaban J connectivity index is 1.74. The predicted octanol–water partition coefficient (Wildman–Crippen LogP) is 3.01. The van der Waals surface area contributed by atoms with Crippen molar-refractivity contribution in [1.29, 1.82) is 0 Å². The van der Waals surface area contributed by atoms with Gasteiger partial charge in [0.25, 0.3) is 5.69 Å². The Morgan fingerprint density at radius 2 is 2.12 bits per heavy atom. The van der Waals surface area contributed by atoms with Crippen LogP contribution in [0.2, 0.25) is 0 Å². The van der Waals surface area contributed by atoms with E-state index < -0.39 is 4.92 Å². The van der Waals surface area contributed by atoms with Gasteiger partial charge in [-0.25, -0.2) is 9.78 Å². The number of carbonyl (C=O) groups is 1. The summed E-state index contributed by atoms with van der Waals surface area (Å²) in [6.45, 7) is 5.13. The summed E-state index contributed by atoms with van der Waals surface area (Å²) in [5, 5.41) is 16.2. The molecular formula is C16H21N5O3. The number of hydrogen-bond donors (Lipinski definition) is 2. The Morgan fingerprint density at radius 3 is 2.79 bits per heavy atom. The number of amides is 2. The molecule has 2 amide bonds. The summed E-state index contributed by atoms with van der Waals surface area (Å²) in [6, 6.07) is 4.02. The molecule has 2 rings (SSSR count). The molecule has 0 saturated heterocycles. The monoisotopic (exact) mass is 331 g/mol. The largest absolute Gasteiger partial charge is 0.338 e. The first-order valence-electron chi connectivity index (χ1n) is 7.75. The lowest BCUT2D eigenvalue weighted by atomic mass is 10.2. The van der Waals surface area contributed by atoms with Crippen LogP contribution in [0.15, 0.2) is 30.6 Å². The summed E-state index contributed by atoms with van der Waals surface area (Å²) in [5.41, 5.74) is 1.16. The maximum atomic E-state index is 11.9. The van der Waals surface area contributed by atoms with Crippen LogP contribution in [0.4, 0.5) is 16.2 Å². The molecule has 128 valence electrons. The number of unbranched alkanes of at least 4 members (excludes halogenated alkanes) is 1. The van der Waals surface area contributed by atoms with Crippen molar-refractivity contribution in [3.05, 3.63) is 52.1 Å². The lowest BCUT2D eigenvalue weighted by Gasteiger charge is -2.10. The van der Waals surface area contributed by atoms with Gasteiger partial charge in [-0.2, -0.15) is 0 Å². The van der Waals surface area contributed by atoms with Crippen LogP contribution in [0.5, 0.6) is 0 Å². The zero-order valence-electron chi connectivity index (χ0n) is 13.8. The molecule has 1 heterocycles. The summed E-state index contributed by atoms with van der Waals surface area (Å²) in [4.78, 5) is 26.3. The SMILES string of the molecule is Cc1ccc([N+](=O)[O-])cc1NC(=O)NCCCCn1ccnc1C. The molecular weight excluding hydrogens is 310 g/mol. The smallest absolute Gasteiger partial charge is 0.319 e. The van der Waals surface area contributed by atoms with Gasteiger partial charge in [0.2, 0.25) is 0 Å². The number of nitrogens with zero attached hydrogens (tertiary/aromatic N) is 3. The van der Waals surface area contributed by atoms with Crippen LogP contribution in [-0.2, 0) is 6.54 Å². The molecule has 24 heavy (non-hydrogen) atoms. The molecule has 8 nitrogen and oxygen atoms in total. The van der Waals surface area contributed by atoms with Crippen LogP contribution in [0.25, 0.3) is 0 Å². The third-order valence-corrected chi connectivity index (χ3v) is 3.72. The van der Waals surface area contributed by atoms with Crippen LogP contribution in [-0.4, -0.2) is 27.1 Å². The van der Waals surface area contributed by atoms with Crippen molar-refractivity contribution in [2.75, 3.05) is 11.9 Å². The van der Waals surface area contributed by atoms with Crippen LogP contribution in [0.3, 0.4) is 0 Å². The Bertz CT molecular complexity index is 726. The van der Waals surface area contributed by atoms with E-state index in [0.717, 1.165) is 30.8 Å². The highest BCUT2D eigenvalue weighted by Gasteiger charge is 2.10. The Labute approximate surface area is 140 Å². The van der Waals surface area contributed by atoms with Crippen LogP contribution in [0, 0.1) is 24.0 Å². The van der Waals surface area contributed by atoms with Crippen molar-refractivity contribution < 1.29 is 9.72 Å². The van der Waals surface area contributed by atoms with Gasteiger partial charge in [-0.15, -0.1) is 0 Å². The quantitative estimate of drug-likeness (QED) is 0.462. The van der Waals surface area contributed by atoms with E-state index in [2.05, 4.69) is 20.2 Å². The normalized spacial score (nSPS) is 10.4. The molecule has 8 heteroatoms. The average molecular weight is 331 g/mol. The number of carbonyl (C=O) groups excluding carboxylic acids is 1. The fourth-order valence-corrected chi connectivity index (χ4v) is 2.27. The number of nitro groups is 1. The first kappa shape index (κ1) is 17.5. The number of rotatable bonds is 7. The number of anilines is 1. The summed E-state index contributed by atoms with van der Waals surface area (Å²) in [6.07, 6.45) is 5.45. The molecule has 0 aliphatic carbocycles. The summed E-state index contributed by atoms with van der Waals surface area (Å²) < 4.78 is 2.06. The maximum Gasteiger partial charge on any atom is 0.319 e. The fourth-order valence-electron chi connectivity index (χ4n) is 2.27. The molecule has 0 saturated carbocycles. The molecule has 0 radical (unpaired) electrons. The van der Waals surface area contributed by atoms with Crippen LogP contribution in [0.1, 0.15) is 24.2 Å². The van der Waals surface area contributed by atoms with Gasteiger partial charge in [0, 0.05) is 37.6 Å². The van der Waals surface area contributed by atoms with Gasteiger partial charge in [-0.05, 0) is 32.3 Å². The third kappa shape index (κ3) is 4.80. The lowest BCUT2D eigenvalue weighted by Crippen LogP contribution is -2.30. The number of nitrogens with one attached hydrogen (secondary N) is 2. The molecule has 0 unspecified atom stereocenters. The van der Waals surface area contributed by atoms with Crippen LogP contribution < -0.4 is 10.6 Å². The molecule has 0 bridgehead atoms. The zero-order chi connectivity index (χ0) is 17.5. The number of benzene rings is 1. The zero-order valence-corrected chi connectivity index (χ0v) is 13.8. The highest BCUT2D eigenvalue weighted by molar-refractivity contribution is 5.90. The van der Waals surface area contributed by atoms with Crippen molar-refractivity contribution in [2.45, 2.75) is 33.2 Å². The second-order valence-electron chi connectivity index (χ2n) is 5.51. The van der Waals surface area contributed by atoms with Gasteiger partial charge < -0.3 is 15.2 Å².